The number of amides is 1. The molecule has 0 unspecified atom stereocenters. The van der Waals surface area contributed by atoms with Gasteiger partial charge in [-0.25, -0.2) is 4.98 Å². The predicted molar refractivity (Wildman–Crippen MR) is 77.4 cm³/mol. The number of carbonyl (C=O) groups is 1. The van der Waals surface area contributed by atoms with E-state index in [-0.39, 0.29) is 11.8 Å². The second-order valence-corrected chi connectivity index (χ2v) is 6.41. The minimum absolute atomic E-state index is 0.196. The van der Waals surface area contributed by atoms with Crippen molar-refractivity contribution in [2.24, 2.45) is 5.92 Å². The van der Waals surface area contributed by atoms with Gasteiger partial charge in [0.05, 0.1) is 25.5 Å². The third-order valence-corrected chi connectivity index (χ3v) is 4.88. The molecule has 2 aliphatic rings. The van der Waals surface area contributed by atoms with Crippen LogP contribution in [0.5, 0.6) is 0 Å². The van der Waals surface area contributed by atoms with Gasteiger partial charge in [0.25, 0.3) is 0 Å². The first-order valence-corrected chi connectivity index (χ1v) is 8.20. The lowest BCUT2D eigenvalue weighted by Gasteiger charge is -2.25. The Bertz CT molecular complexity index is 453. The SMILES string of the molecule is O=C(NCc1nc(CN2CCOCC2)cs1)C1CCC1. The molecule has 1 aromatic heterocycles. The number of aromatic nitrogens is 1. The van der Waals surface area contributed by atoms with E-state index in [1.807, 2.05) is 0 Å². The van der Waals surface area contributed by atoms with Gasteiger partial charge in [-0.3, -0.25) is 9.69 Å². The molecule has 1 aliphatic heterocycles. The van der Waals surface area contributed by atoms with Crippen molar-refractivity contribution in [2.75, 3.05) is 26.3 Å². The van der Waals surface area contributed by atoms with Crippen molar-refractivity contribution in [3.8, 4) is 0 Å². The average molecular weight is 295 g/mol. The molecule has 0 spiro atoms. The van der Waals surface area contributed by atoms with Crippen molar-refractivity contribution in [1.82, 2.24) is 15.2 Å². The minimum Gasteiger partial charge on any atom is -0.379 e. The molecule has 5 nitrogen and oxygen atoms in total. The van der Waals surface area contributed by atoms with E-state index in [0.29, 0.717) is 6.54 Å². The Morgan fingerprint density at radius 3 is 2.95 bits per heavy atom. The van der Waals surface area contributed by atoms with E-state index in [9.17, 15) is 4.79 Å². The minimum atomic E-state index is 0.196. The van der Waals surface area contributed by atoms with Gasteiger partial charge in [-0.2, -0.15) is 0 Å². The number of morpholine rings is 1. The quantitative estimate of drug-likeness (QED) is 0.892. The van der Waals surface area contributed by atoms with Crippen molar-refractivity contribution in [3.63, 3.8) is 0 Å². The van der Waals surface area contributed by atoms with Gasteiger partial charge in [-0.1, -0.05) is 6.42 Å². The lowest BCUT2D eigenvalue weighted by molar-refractivity contribution is -0.127. The zero-order valence-corrected chi connectivity index (χ0v) is 12.5. The van der Waals surface area contributed by atoms with Crippen LogP contribution in [0, 0.1) is 5.92 Å². The first-order valence-electron chi connectivity index (χ1n) is 7.32. The van der Waals surface area contributed by atoms with Gasteiger partial charge in [-0.05, 0) is 12.8 Å². The highest BCUT2D eigenvalue weighted by atomic mass is 32.1. The summed E-state index contributed by atoms with van der Waals surface area (Å²) in [6.45, 7) is 5.04. The van der Waals surface area contributed by atoms with Crippen molar-refractivity contribution in [3.05, 3.63) is 16.1 Å². The van der Waals surface area contributed by atoms with Crippen LogP contribution < -0.4 is 5.32 Å². The number of nitrogens with zero attached hydrogens (tertiary/aromatic N) is 2. The van der Waals surface area contributed by atoms with Crippen LogP contribution in [0.4, 0.5) is 0 Å². The molecule has 110 valence electrons. The fraction of sp³-hybridized carbons (Fsp3) is 0.714. The van der Waals surface area contributed by atoms with Gasteiger partial charge in [0.15, 0.2) is 0 Å². The van der Waals surface area contributed by atoms with E-state index in [1.54, 1.807) is 11.3 Å². The Kier molecular flexibility index (Phi) is 4.65. The smallest absolute Gasteiger partial charge is 0.223 e. The molecular formula is C14H21N3O2S. The third kappa shape index (κ3) is 3.56. The molecule has 0 bridgehead atoms. The maximum absolute atomic E-state index is 11.8. The summed E-state index contributed by atoms with van der Waals surface area (Å²) in [5, 5.41) is 6.09. The van der Waals surface area contributed by atoms with Gasteiger partial charge in [0, 0.05) is 30.9 Å². The molecule has 6 heteroatoms. The molecule has 1 aromatic rings. The molecule has 0 aromatic carbocycles. The van der Waals surface area contributed by atoms with Crippen LogP contribution in [-0.4, -0.2) is 42.1 Å². The van der Waals surface area contributed by atoms with Crippen LogP contribution in [-0.2, 0) is 22.6 Å². The largest absolute Gasteiger partial charge is 0.379 e. The lowest BCUT2D eigenvalue weighted by atomic mass is 9.85. The Labute approximate surface area is 123 Å². The second kappa shape index (κ2) is 6.65. The summed E-state index contributed by atoms with van der Waals surface area (Å²) in [6.07, 6.45) is 3.29. The summed E-state index contributed by atoms with van der Waals surface area (Å²) in [7, 11) is 0. The zero-order valence-electron chi connectivity index (χ0n) is 11.6. The predicted octanol–water partition coefficient (Wildman–Crippen LogP) is 1.39. The Morgan fingerprint density at radius 1 is 1.45 bits per heavy atom. The molecule has 0 atom stereocenters. The summed E-state index contributed by atoms with van der Waals surface area (Å²) >= 11 is 1.63. The number of hydrogen-bond acceptors (Lipinski definition) is 5. The third-order valence-electron chi connectivity index (χ3n) is 3.98. The maximum Gasteiger partial charge on any atom is 0.223 e. The first kappa shape index (κ1) is 14.0. The van der Waals surface area contributed by atoms with Crippen LogP contribution >= 0.6 is 11.3 Å². The second-order valence-electron chi connectivity index (χ2n) is 5.47. The van der Waals surface area contributed by atoms with E-state index in [2.05, 4.69) is 20.6 Å². The fourth-order valence-corrected chi connectivity index (χ4v) is 3.19. The molecule has 20 heavy (non-hydrogen) atoms. The molecule has 1 amide bonds. The van der Waals surface area contributed by atoms with E-state index in [4.69, 9.17) is 4.74 Å². The number of ether oxygens (including phenoxy) is 1. The highest BCUT2D eigenvalue weighted by molar-refractivity contribution is 7.09. The standard InChI is InChI=1S/C14H21N3O2S/c18-14(11-2-1-3-11)15-8-13-16-12(10-20-13)9-17-4-6-19-7-5-17/h10-11H,1-9H2,(H,15,18). The topological polar surface area (TPSA) is 54.5 Å². The van der Waals surface area contributed by atoms with Crippen molar-refractivity contribution < 1.29 is 9.53 Å². The van der Waals surface area contributed by atoms with E-state index in [1.165, 1.54) is 6.42 Å². The summed E-state index contributed by atoms with van der Waals surface area (Å²) < 4.78 is 5.34. The van der Waals surface area contributed by atoms with Crippen LogP contribution in [0.15, 0.2) is 5.38 Å². The van der Waals surface area contributed by atoms with Gasteiger partial charge in [0.1, 0.15) is 5.01 Å². The number of nitrogens with one attached hydrogen (secondary N) is 1. The van der Waals surface area contributed by atoms with Crippen LogP contribution in [0.2, 0.25) is 0 Å². The molecule has 3 rings (SSSR count). The highest BCUT2D eigenvalue weighted by Gasteiger charge is 2.24. The maximum atomic E-state index is 11.8. The molecule has 2 heterocycles. The number of thiazole rings is 1. The Hall–Kier alpha value is -0.980. The fourth-order valence-electron chi connectivity index (χ4n) is 2.47. The number of rotatable bonds is 5. The molecular weight excluding hydrogens is 274 g/mol. The summed E-state index contributed by atoms with van der Waals surface area (Å²) in [5.41, 5.74) is 1.10. The molecule has 1 saturated carbocycles. The zero-order chi connectivity index (χ0) is 13.8. The Morgan fingerprint density at radius 2 is 2.25 bits per heavy atom. The van der Waals surface area contributed by atoms with Gasteiger partial charge >= 0.3 is 0 Å². The summed E-state index contributed by atoms with van der Waals surface area (Å²) in [5.74, 6) is 0.448. The van der Waals surface area contributed by atoms with E-state index in [0.717, 1.165) is 56.4 Å². The monoisotopic (exact) mass is 295 g/mol. The number of carbonyl (C=O) groups excluding carboxylic acids is 1. The van der Waals surface area contributed by atoms with Crippen molar-refractivity contribution >= 4 is 17.2 Å². The molecule has 0 radical (unpaired) electrons. The number of hydrogen-bond donors (Lipinski definition) is 1. The average Bonchev–Trinajstić information content (AvgIpc) is 2.83. The van der Waals surface area contributed by atoms with Crippen LogP contribution in [0.25, 0.3) is 0 Å². The molecule has 1 aliphatic carbocycles. The molecule has 2 fully saturated rings. The Balaban J connectivity index is 1.45. The normalized spacial score (nSPS) is 20.6. The lowest BCUT2D eigenvalue weighted by Crippen LogP contribution is -2.35. The van der Waals surface area contributed by atoms with Crippen LogP contribution in [0.1, 0.15) is 30.0 Å². The molecule has 1 saturated heterocycles. The molecule has 1 N–H and O–H groups in total. The van der Waals surface area contributed by atoms with Crippen LogP contribution in [0.3, 0.4) is 0 Å². The van der Waals surface area contributed by atoms with E-state index < -0.39 is 0 Å². The van der Waals surface area contributed by atoms with E-state index >= 15 is 0 Å². The van der Waals surface area contributed by atoms with Gasteiger partial charge in [-0.15, -0.1) is 11.3 Å². The summed E-state index contributed by atoms with van der Waals surface area (Å²) in [4.78, 5) is 18.7. The first-order chi connectivity index (χ1) is 9.81. The van der Waals surface area contributed by atoms with Crippen molar-refractivity contribution in [2.45, 2.75) is 32.4 Å². The van der Waals surface area contributed by atoms with Crippen molar-refractivity contribution in [1.29, 1.82) is 0 Å². The highest BCUT2D eigenvalue weighted by Crippen LogP contribution is 2.26. The van der Waals surface area contributed by atoms with Gasteiger partial charge < -0.3 is 10.1 Å². The van der Waals surface area contributed by atoms with Gasteiger partial charge in [0.2, 0.25) is 5.91 Å². The summed E-state index contributed by atoms with van der Waals surface area (Å²) in [6, 6.07) is 0.